The number of hydrogen-bond acceptors (Lipinski definition) is 2. The van der Waals surface area contributed by atoms with Crippen LogP contribution in [0.5, 0.6) is 0 Å². The van der Waals surface area contributed by atoms with E-state index in [4.69, 9.17) is 6.42 Å². The Morgan fingerprint density at radius 1 is 1.71 bits per heavy atom. The summed E-state index contributed by atoms with van der Waals surface area (Å²) in [4.78, 5) is 4.10. The molecule has 76 valence electrons. The van der Waals surface area contributed by atoms with Crippen LogP contribution < -0.4 is 5.32 Å². The highest BCUT2D eigenvalue weighted by Crippen LogP contribution is 2.16. The molecule has 3 nitrogen and oxygen atoms in total. The zero-order valence-corrected chi connectivity index (χ0v) is 8.83. The summed E-state index contributed by atoms with van der Waals surface area (Å²) in [5.41, 5.74) is 1.20. The van der Waals surface area contributed by atoms with Crippen molar-refractivity contribution >= 4 is 0 Å². The molecule has 0 bridgehead atoms. The highest BCUT2D eigenvalue weighted by atomic mass is 15.1. The summed E-state index contributed by atoms with van der Waals surface area (Å²) in [5.74, 6) is 2.67. The summed E-state index contributed by atoms with van der Waals surface area (Å²) in [6.45, 7) is 3.04. The van der Waals surface area contributed by atoms with Crippen molar-refractivity contribution in [3.05, 3.63) is 18.2 Å². The molecule has 0 aliphatic heterocycles. The first-order chi connectivity index (χ1) is 6.79. The lowest BCUT2D eigenvalue weighted by molar-refractivity contribution is 0.497. The van der Waals surface area contributed by atoms with E-state index in [0.717, 1.165) is 19.4 Å². The molecule has 0 aliphatic carbocycles. The van der Waals surface area contributed by atoms with Gasteiger partial charge in [0.05, 0.1) is 12.0 Å². The van der Waals surface area contributed by atoms with E-state index in [1.807, 2.05) is 24.1 Å². The van der Waals surface area contributed by atoms with Gasteiger partial charge >= 0.3 is 0 Å². The molecule has 1 aromatic heterocycles. The van der Waals surface area contributed by atoms with E-state index in [9.17, 15) is 0 Å². The maximum absolute atomic E-state index is 5.26. The molecule has 0 spiro atoms. The van der Waals surface area contributed by atoms with Crippen LogP contribution in [-0.2, 0) is 7.05 Å². The predicted octanol–water partition coefficient (Wildman–Crippen LogP) is 1.48. The molecule has 1 unspecified atom stereocenters. The Bertz CT molecular complexity index is 309. The molecule has 1 N–H and O–H groups in total. The Kier molecular flexibility index (Phi) is 4.21. The molecule has 14 heavy (non-hydrogen) atoms. The summed E-state index contributed by atoms with van der Waals surface area (Å²) < 4.78 is 2.03. The van der Waals surface area contributed by atoms with Crippen molar-refractivity contribution < 1.29 is 0 Å². The highest BCUT2D eigenvalue weighted by molar-refractivity contribution is 5.05. The van der Waals surface area contributed by atoms with Gasteiger partial charge in [0.2, 0.25) is 0 Å². The van der Waals surface area contributed by atoms with Gasteiger partial charge in [-0.2, -0.15) is 0 Å². The van der Waals surface area contributed by atoms with Crippen LogP contribution >= 0.6 is 0 Å². The number of aromatic nitrogens is 2. The van der Waals surface area contributed by atoms with Gasteiger partial charge in [-0.25, -0.2) is 4.98 Å². The zero-order chi connectivity index (χ0) is 10.4. The monoisotopic (exact) mass is 191 g/mol. The van der Waals surface area contributed by atoms with E-state index < -0.39 is 0 Å². The van der Waals surface area contributed by atoms with Crippen molar-refractivity contribution in [2.24, 2.45) is 7.05 Å². The van der Waals surface area contributed by atoms with E-state index in [1.54, 1.807) is 0 Å². The van der Waals surface area contributed by atoms with Crippen LogP contribution in [0.4, 0.5) is 0 Å². The second-order valence-corrected chi connectivity index (χ2v) is 3.28. The van der Waals surface area contributed by atoms with Gasteiger partial charge in [-0.3, -0.25) is 0 Å². The van der Waals surface area contributed by atoms with Gasteiger partial charge in [0.25, 0.3) is 0 Å². The molecule has 0 fully saturated rings. The second kappa shape index (κ2) is 5.46. The molecule has 0 aromatic carbocycles. The van der Waals surface area contributed by atoms with Crippen LogP contribution in [0.15, 0.2) is 12.5 Å². The zero-order valence-electron chi connectivity index (χ0n) is 8.83. The number of rotatable bonds is 5. The van der Waals surface area contributed by atoms with Crippen LogP contribution in [0.2, 0.25) is 0 Å². The smallest absolute Gasteiger partial charge is 0.0946 e. The SMILES string of the molecule is C#CCCC(NCC)c1cncn1C. The molecule has 3 heteroatoms. The first-order valence-electron chi connectivity index (χ1n) is 4.92. The fourth-order valence-electron chi connectivity index (χ4n) is 1.53. The number of nitrogens with one attached hydrogen (secondary N) is 1. The van der Waals surface area contributed by atoms with Gasteiger partial charge < -0.3 is 9.88 Å². The van der Waals surface area contributed by atoms with Gasteiger partial charge in [-0.05, 0) is 13.0 Å². The summed E-state index contributed by atoms with van der Waals surface area (Å²) in [7, 11) is 2.00. The third-order valence-electron chi connectivity index (χ3n) is 2.24. The summed E-state index contributed by atoms with van der Waals surface area (Å²) in [6, 6.07) is 0.323. The van der Waals surface area contributed by atoms with Crippen LogP contribution in [0.25, 0.3) is 0 Å². The summed E-state index contributed by atoms with van der Waals surface area (Å²) in [5, 5.41) is 3.40. The van der Waals surface area contributed by atoms with Gasteiger partial charge in [-0.1, -0.05) is 6.92 Å². The largest absolute Gasteiger partial charge is 0.336 e. The summed E-state index contributed by atoms with van der Waals surface area (Å²) in [6.07, 6.45) is 10.7. The molecule has 0 aliphatic rings. The minimum Gasteiger partial charge on any atom is -0.336 e. The number of hydrogen-bond donors (Lipinski definition) is 1. The molecular formula is C11H17N3. The maximum atomic E-state index is 5.26. The first kappa shape index (κ1) is 10.8. The molecule has 1 atom stereocenters. The molecule has 1 aromatic rings. The van der Waals surface area contributed by atoms with E-state index in [2.05, 4.69) is 23.1 Å². The van der Waals surface area contributed by atoms with Crippen LogP contribution in [0, 0.1) is 12.3 Å². The Morgan fingerprint density at radius 3 is 3.00 bits per heavy atom. The number of imidazole rings is 1. The minimum atomic E-state index is 0.323. The lowest BCUT2D eigenvalue weighted by atomic mass is 10.1. The summed E-state index contributed by atoms with van der Waals surface area (Å²) >= 11 is 0. The lowest BCUT2D eigenvalue weighted by Crippen LogP contribution is -2.22. The third-order valence-corrected chi connectivity index (χ3v) is 2.24. The van der Waals surface area contributed by atoms with Gasteiger partial charge in [0.15, 0.2) is 0 Å². The van der Waals surface area contributed by atoms with Gasteiger partial charge in [0, 0.05) is 25.7 Å². The predicted molar refractivity (Wildman–Crippen MR) is 57.7 cm³/mol. The Hall–Kier alpha value is -1.27. The molecule has 1 rings (SSSR count). The Balaban J connectivity index is 2.68. The standard InChI is InChI=1S/C11H17N3/c1-4-6-7-10(13-5-2)11-8-12-9-14(11)3/h1,8-10,13H,5-7H2,2-3H3. The number of nitrogens with zero attached hydrogens (tertiary/aromatic N) is 2. The van der Waals surface area contributed by atoms with Crippen molar-refractivity contribution in [2.45, 2.75) is 25.8 Å². The maximum Gasteiger partial charge on any atom is 0.0946 e. The van der Waals surface area contributed by atoms with E-state index in [0.29, 0.717) is 6.04 Å². The minimum absolute atomic E-state index is 0.323. The van der Waals surface area contributed by atoms with E-state index in [-0.39, 0.29) is 0 Å². The molecule has 0 saturated heterocycles. The highest BCUT2D eigenvalue weighted by Gasteiger charge is 2.12. The normalized spacial score (nSPS) is 12.4. The van der Waals surface area contributed by atoms with Crippen molar-refractivity contribution in [3.8, 4) is 12.3 Å². The van der Waals surface area contributed by atoms with Crippen LogP contribution in [0.3, 0.4) is 0 Å². The molecule has 0 radical (unpaired) electrons. The van der Waals surface area contributed by atoms with Crippen molar-refractivity contribution in [3.63, 3.8) is 0 Å². The number of terminal acetylenes is 1. The molecule has 1 heterocycles. The quantitative estimate of drug-likeness (QED) is 0.714. The third kappa shape index (κ3) is 2.61. The average molecular weight is 191 g/mol. The lowest BCUT2D eigenvalue weighted by Gasteiger charge is -2.16. The van der Waals surface area contributed by atoms with Crippen LogP contribution in [-0.4, -0.2) is 16.1 Å². The van der Waals surface area contributed by atoms with Gasteiger partial charge in [-0.15, -0.1) is 12.3 Å². The Labute approximate surface area is 85.5 Å². The Morgan fingerprint density at radius 2 is 2.50 bits per heavy atom. The fraction of sp³-hybridized carbons (Fsp3) is 0.545. The molecule has 0 amide bonds. The first-order valence-corrected chi connectivity index (χ1v) is 4.92. The van der Waals surface area contributed by atoms with Gasteiger partial charge in [0.1, 0.15) is 0 Å². The van der Waals surface area contributed by atoms with E-state index in [1.165, 1.54) is 5.69 Å². The van der Waals surface area contributed by atoms with Crippen molar-refractivity contribution in [1.29, 1.82) is 0 Å². The van der Waals surface area contributed by atoms with Crippen molar-refractivity contribution in [1.82, 2.24) is 14.9 Å². The second-order valence-electron chi connectivity index (χ2n) is 3.28. The fourth-order valence-corrected chi connectivity index (χ4v) is 1.53. The van der Waals surface area contributed by atoms with Crippen molar-refractivity contribution in [2.75, 3.05) is 6.54 Å². The molecular weight excluding hydrogens is 174 g/mol. The molecule has 0 saturated carbocycles. The number of aryl methyl sites for hydroxylation is 1. The average Bonchev–Trinajstić information content (AvgIpc) is 2.59. The van der Waals surface area contributed by atoms with Crippen LogP contribution in [0.1, 0.15) is 31.5 Å². The topological polar surface area (TPSA) is 29.9 Å². The van der Waals surface area contributed by atoms with E-state index >= 15 is 0 Å².